The first-order valence-corrected chi connectivity index (χ1v) is 12.3. The van der Waals surface area contributed by atoms with Crippen molar-refractivity contribution in [2.75, 3.05) is 46.5 Å². The fourth-order valence-corrected chi connectivity index (χ4v) is 5.07. The molecule has 2 fully saturated rings. The number of nitrogens with one attached hydrogen (secondary N) is 1. The van der Waals surface area contributed by atoms with E-state index in [1.807, 2.05) is 0 Å². The molecule has 2 N–H and O–H groups in total. The minimum Gasteiger partial charge on any atom is -0.507 e. The second-order valence-electron chi connectivity index (χ2n) is 9.27. The van der Waals surface area contributed by atoms with Crippen molar-refractivity contribution in [3.63, 3.8) is 0 Å². The molecule has 12 nitrogen and oxygen atoms in total. The van der Waals surface area contributed by atoms with Gasteiger partial charge in [0.05, 0.1) is 36.9 Å². The number of carbonyl (C=O) groups excluding carboxylic acids is 3. The van der Waals surface area contributed by atoms with Gasteiger partial charge in [0.2, 0.25) is 0 Å². The topological polar surface area (TPSA) is 155 Å². The molecule has 12 heteroatoms. The van der Waals surface area contributed by atoms with Crippen molar-refractivity contribution in [1.29, 1.82) is 0 Å². The SMILES string of the molecule is COC(=O)c1[nH]c(C)c(/C(O)=C2\C(=O)C(=O)N(CCCN3CCOCC3)[C@H]2c2ccc([N+](=O)[O-])cc2)c1C. The summed E-state index contributed by atoms with van der Waals surface area (Å²) in [6.07, 6.45) is 0.575. The number of aromatic nitrogens is 1. The fourth-order valence-electron chi connectivity index (χ4n) is 5.07. The van der Waals surface area contributed by atoms with Gasteiger partial charge in [0.25, 0.3) is 17.4 Å². The number of aliphatic hydroxyl groups is 1. The van der Waals surface area contributed by atoms with Gasteiger partial charge in [-0.2, -0.15) is 0 Å². The lowest BCUT2D eigenvalue weighted by Gasteiger charge is -2.29. The minimum atomic E-state index is -0.962. The van der Waals surface area contributed by atoms with E-state index in [0.717, 1.165) is 13.1 Å². The van der Waals surface area contributed by atoms with Crippen LogP contribution in [0.3, 0.4) is 0 Å². The summed E-state index contributed by atoms with van der Waals surface area (Å²) < 4.78 is 10.2. The van der Waals surface area contributed by atoms with Gasteiger partial charge in [-0.3, -0.25) is 24.6 Å². The molecule has 202 valence electrons. The Bertz CT molecular complexity index is 1290. The normalized spacial score (nSPS) is 19.7. The van der Waals surface area contributed by atoms with Crippen molar-refractivity contribution in [3.05, 3.63) is 68.0 Å². The summed E-state index contributed by atoms with van der Waals surface area (Å²) >= 11 is 0. The van der Waals surface area contributed by atoms with E-state index in [1.54, 1.807) is 13.8 Å². The van der Waals surface area contributed by atoms with E-state index in [4.69, 9.17) is 9.47 Å². The molecule has 0 spiro atoms. The number of aryl methyl sites for hydroxylation is 1. The Morgan fingerprint density at radius 3 is 2.45 bits per heavy atom. The molecule has 1 atom stereocenters. The highest BCUT2D eigenvalue weighted by atomic mass is 16.6. The first-order valence-electron chi connectivity index (χ1n) is 12.3. The Morgan fingerprint density at radius 1 is 1.18 bits per heavy atom. The van der Waals surface area contributed by atoms with Gasteiger partial charge in [0.15, 0.2) is 0 Å². The highest BCUT2D eigenvalue weighted by Crippen LogP contribution is 2.41. The molecule has 2 aliphatic rings. The summed E-state index contributed by atoms with van der Waals surface area (Å²) in [5, 5.41) is 22.6. The van der Waals surface area contributed by atoms with Gasteiger partial charge in [-0.15, -0.1) is 0 Å². The molecule has 0 saturated carbocycles. The Hall–Kier alpha value is -4.03. The maximum absolute atomic E-state index is 13.3. The Labute approximate surface area is 219 Å². The van der Waals surface area contributed by atoms with Crippen LogP contribution in [-0.2, 0) is 19.1 Å². The number of amides is 1. The van der Waals surface area contributed by atoms with E-state index >= 15 is 0 Å². The number of methoxy groups -OCH3 is 1. The molecule has 2 saturated heterocycles. The van der Waals surface area contributed by atoms with Crippen LogP contribution < -0.4 is 0 Å². The third kappa shape index (κ3) is 5.04. The number of nitro groups is 1. The van der Waals surface area contributed by atoms with Crippen molar-refractivity contribution < 1.29 is 33.9 Å². The van der Waals surface area contributed by atoms with Crippen LogP contribution in [0.4, 0.5) is 5.69 Å². The quantitative estimate of drug-likeness (QED) is 0.132. The molecule has 38 heavy (non-hydrogen) atoms. The van der Waals surface area contributed by atoms with Gasteiger partial charge in [-0.1, -0.05) is 0 Å². The molecule has 1 aromatic heterocycles. The van der Waals surface area contributed by atoms with E-state index in [2.05, 4.69) is 9.88 Å². The summed E-state index contributed by atoms with van der Waals surface area (Å²) in [5.74, 6) is -2.70. The number of nitrogens with zero attached hydrogens (tertiary/aromatic N) is 3. The number of esters is 1. The third-order valence-electron chi connectivity index (χ3n) is 7.00. The van der Waals surface area contributed by atoms with Gasteiger partial charge >= 0.3 is 5.97 Å². The zero-order chi connectivity index (χ0) is 27.6. The number of benzene rings is 1. The van der Waals surface area contributed by atoms with Crippen LogP contribution in [-0.4, -0.2) is 89.0 Å². The Balaban J connectivity index is 1.76. The minimum absolute atomic E-state index is 0.123. The zero-order valence-electron chi connectivity index (χ0n) is 21.5. The van der Waals surface area contributed by atoms with Gasteiger partial charge < -0.3 is 24.5 Å². The standard InChI is InChI=1S/C26H30N4O8/c1-15-19(16(2)27-21(15)26(34)37-3)23(31)20-22(17-5-7-18(8-6-17)30(35)36)29(25(33)24(20)32)10-4-9-28-11-13-38-14-12-28/h5-8,22,27,31H,4,9-14H2,1-3H3/b23-20+/t22-/m0/s1. The first-order chi connectivity index (χ1) is 18.1. The average Bonchev–Trinajstić information content (AvgIpc) is 3.35. The number of aliphatic hydroxyl groups excluding tert-OH is 1. The molecule has 0 aliphatic carbocycles. The number of H-pyrrole nitrogens is 1. The fraction of sp³-hybridized carbons (Fsp3) is 0.423. The monoisotopic (exact) mass is 526 g/mol. The molecule has 2 aromatic rings. The average molecular weight is 527 g/mol. The highest BCUT2D eigenvalue weighted by molar-refractivity contribution is 6.46. The lowest BCUT2D eigenvalue weighted by atomic mass is 9.94. The van der Waals surface area contributed by atoms with E-state index in [1.165, 1.54) is 36.3 Å². The number of hydrogen-bond acceptors (Lipinski definition) is 9. The third-order valence-corrected chi connectivity index (χ3v) is 7.00. The molecule has 0 unspecified atom stereocenters. The maximum atomic E-state index is 13.3. The van der Waals surface area contributed by atoms with Gasteiger partial charge in [-0.25, -0.2) is 4.79 Å². The number of Topliss-reactive ketones (excluding diaryl/α,β-unsaturated/α-hetero) is 1. The molecule has 1 amide bonds. The van der Waals surface area contributed by atoms with Crippen LogP contribution in [0.5, 0.6) is 0 Å². The van der Waals surface area contributed by atoms with Crippen LogP contribution in [0.2, 0.25) is 0 Å². The number of aromatic amines is 1. The van der Waals surface area contributed by atoms with Crippen molar-refractivity contribution in [2.45, 2.75) is 26.3 Å². The molecule has 0 bridgehead atoms. The van der Waals surface area contributed by atoms with Crippen LogP contribution in [0.25, 0.3) is 5.76 Å². The maximum Gasteiger partial charge on any atom is 0.354 e. The predicted molar refractivity (Wildman–Crippen MR) is 136 cm³/mol. The highest BCUT2D eigenvalue weighted by Gasteiger charge is 2.46. The largest absolute Gasteiger partial charge is 0.507 e. The molecular formula is C26H30N4O8. The molecule has 1 aromatic carbocycles. The lowest BCUT2D eigenvalue weighted by Crippen LogP contribution is -2.38. The second kappa shape index (κ2) is 11.2. The number of likely N-dealkylation sites (tertiary alicyclic amines) is 1. The van der Waals surface area contributed by atoms with Gasteiger partial charge in [0.1, 0.15) is 11.5 Å². The summed E-state index contributed by atoms with van der Waals surface area (Å²) in [6.45, 7) is 6.99. The smallest absolute Gasteiger partial charge is 0.354 e. The number of hydrogen-bond donors (Lipinski definition) is 2. The van der Waals surface area contributed by atoms with Crippen LogP contribution in [0, 0.1) is 24.0 Å². The molecule has 2 aliphatic heterocycles. The first kappa shape index (κ1) is 27.0. The van der Waals surface area contributed by atoms with E-state index in [-0.39, 0.29) is 29.1 Å². The van der Waals surface area contributed by atoms with E-state index < -0.39 is 34.4 Å². The zero-order valence-corrected chi connectivity index (χ0v) is 21.5. The molecule has 3 heterocycles. The van der Waals surface area contributed by atoms with E-state index in [9.17, 15) is 29.6 Å². The summed E-state index contributed by atoms with van der Waals surface area (Å²) in [7, 11) is 1.23. The molecule has 4 rings (SSSR count). The number of morpholine rings is 1. The van der Waals surface area contributed by atoms with Crippen molar-refractivity contribution in [1.82, 2.24) is 14.8 Å². The number of ether oxygens (including phenoxy) is 2. The lowest BCUT2D eigenvalue weighted by molar-refractivity contribution is -0.384. The van der Waals surface area contributed by atoms with Gasteiger partial charge in [-0.05, 0) is 43.5 Å². The van der Waals surface area contributed by atoms with Crippen LogP contribution >= 0.6 is 0 Å². The summed E-state index contributed by atoms with van der Waals surface area (Å²) in [5.41, 5.74) is 1.30. The number of carbonyl (C=O) groups is 3. The van der Waals surface area contributed by atoms with Crippen molar-refractivity contribution in [2.24, 2.45) is 0 Å². The van der Waals surface area contributed by atoms with E-state index in [0.29, 0.717) is 43.0 Å². The van der Waals surface area contributed by atoms with Gasteiger partial charge in [0, 0.05) is 49.6 Å². The Morgan fingerprint density at radius 2 is 1.84 bits per heavy atom. The number of nitro benzene ring substituents is 1. The number of non-ortho nitro benzene ring substituents is 1. The predicted octanol–water partition coefficient (Wildman–Crippen LogP) is 2.47. The van der Waals surface area contributed by atoms with Crippen molar-refractivity contribution in [3.8, 4) is 0 Å². The molecular weight excluding hydrogens is 496 g/mol. The van der Waals surface area contributed by atoms with Crippen LogP contribution in [0.15, 0.2) is 29.8 Å². The summed E-state index contributed by atoms with van der Waals surface area (Å²) in [6, 6.07) is 4.59. The molecule has 0 radical (unpaired) electrons. The van der Waals surface area contributed by atoms with Crippen molar-refractivity contribution >= 4 is 29.1 Å². The number of ketones is 1. The van der Waals surface area contributed by atoms with Crippen LogP contribution in [0.1, 0.15) is 45.3 Å². The second-order valence-corrected chi connectivity index (χ2v) is 9.27. The summed E-state index contributed by atoms with van der Waals surface area (Å²) in [4.78, 5) is 55.9. The Kier molecular flexibility index (Phi) is 7.93. The number of rotatable bonds is 8.